The number of aliphatic hydroxyl groups excluding tert-OH is 3. The van der Waals surface area contributed by atoms with Crippen molar-refractivity contribution in [2.45, 2.75) is 84.0 Å². The SMILES string of the molecule is C[C@H](/C=C/C(=O)NCCS(=O)(=O)O)[C@H]1CC[C@H]2[C@@H]3[C@@H](O)[C@@H](O)[C@@H]4C[C@H](O)CC[C@]4(C)[C@H]3CC[C@]12C. The molecule has 0 saturated heterocycles. The second-order valence-electron chi connectivity index (χ2n) is 12.3. The molecular formula is C26H43NO7S. The Labute approximate surface area is 209 Å². The van der Waals surface area contributed by atoms with Crippen LogP contribution in [0.3, 0.4) is 0 Å². The molecule has 9 heteroatoms. The highest BCUT2D eigenvalue weighted by molar-refractivity contribution is 7.85. The predicted octanol–water partition coefficient (Wildman–Crippen LogP) is 2.14. The van der Waals surface area contributed by atoms with E-state index >= 15 is 0 Å². The summed E-state index contributed by atoms with van der Waals surface area (Å²) in [4.78, 5) is 12.1. The van der Waals surface area contributed by atoms with Gasteiger partial charge in [-0.2, -0.15) is 8.42 Å². The van der Waals surface area contributed by atoms with Crippen LogP contribution in [0.25, 0.3) is 0 Å². The molecule has 0 unspecified atom stereocenters. The average molecular weight is 514 g/mol. The van der Waals surface area contributed by atoms with E-state index in [0.717, 1.165) is 38.5 Å². The van der Waals surface area contributed by atoms with Crippen molar-refractivity contribution >= 4 is 16.0 Å². The van der Waals surface area contributed by atoms with Gasteiger partial charge in [0.05, 0.1) is 24.1 Å². The van der Waals surface area contributed by atoms with Gasteiger partial charge in [0, 0.05) is 6.54 Å². The topological polar surface area (TPSA) is 144 Å². The first-order valence-electron chi connectivity index (χ1n) is 13.2. The Balaban J connectivity index is 1.46. The van der Waals surface area contributed by atoms with Crippen LogP contribution in [0.1, 0.15) is 65.7 Å². The van der Waals surface area contributed by atoms with Gasteiger partial charge in [0.1, 0.15) is 0 Å². The van der Waals surface area contributed by atoms with Crippen LogP contribution in [-0.4, -0.2) is 64.8 Å². The molecule has 0 bridgehead atoms. The maximum Gasteiger partial charge on any atom is 0.266 e. The lowest BCUT2D eigenvalue weighted by Crippen LogP contribution is -2.64. The van der Waals surface area contributed by atoms with E-state index in [1.165, 1.54) is 6.08 Å². The molecule has 4 saturated carbocycles. The van der Waals surface area contributed by atoms with Gasteiger partial charge in [0.25, 0.3) is 10.1 Å². The number of aliphatic hydroxyl groups is 3. The number of carbonyl (C=O) groups is 1. The van der Waals surface area contributed by atoms with Crippen molar-refractivity contribution < 1.29 is 33.1 Å². The van der Waals surface area contributed by atoms with Crippen molar-refractivity contribution in [2.75, 3.05) is 12.3 Å². The molecule has 0 aromatic heterocycles. The summed E-state index contributed by atoms with van der Waals surface area (Å²) < 4.78 is 30.4. The van der Waals surface area contributed by atoms with Gasteiger partial charge in [-0.25, -0.2) is 0 Å². The zero-order valence-corrected chi connectivity index (χ0v) is 22.0. The predicted molar refractivity (Wildman–Crippen MR) is 132 cm³/mol. The number of hydrogen-bond acceptors (Lipinski definition) is 6. The van der Waals surface area contributed by atoms with Gasteiger partial charge in [-0.05, 0) is 97.4 Å². The van der Waals surface area contributed by atoms with Crippen LogP contribution < -0.4 is 5.32 Å². The molecule has 0 aromatic rings. The Morgan fingerprint density at radius 3 is 2.34 bits per heavy atom. The summed E-state index contributed by atoms with van der Waals surface area (Å²) in [6, 6.07) is 0. The fraction of sp³-hybridized carbons (Fsp3) is 0.885. The van der Waals surface area contributed by atoms with Crippen LogP contribution in [0.2, 0.25) is 0 Å². The quantitative estimate of drug-likeness (QED) is 0.270. The molecule has 4 aliphatic carbocycles. The standard InChI is InChI=1S/C26H43NO7S/c1-15(4-7-21(29)27-12-13-35(32,33)34)17-5-6-18-22-19(9-11-25(17,18)2)26(3)10-8-16(28)14-20(26)23(30)24(22)31/h4,7,15-20,22-24,28,30-31H,5-6,8-14H2,1-3H3,(H,27,29)(H,32,33,34)/b7-4+/t15-,16-,17-,18+,19+,20+,22+,23+,24-,25-,26-/m1/s1. The third-order valence-electron chi connectivity index (χ3n) is 10.6. The monoisotopic (exact) mass is 513 g/mol. The van der Waals surface area contributed by atoms with Gasteiger partial charge in [-0.3, -0.25) is 9.35 Å². The summed E-state index contributed by atoms with van der Waals surface area (Å²) >= 11 is 0. The van der Waals surface area contributed by atoms with Gasteiger partial charge in [-0.15, -0.1) is 0 Å². The van der Waals surface area contributed by atoms with E-state index in [1.807, 2.05) is 6.08 Å². The van der Waals surface area contributed by atoms with E-state index < -0.39 is 34.2 Å². The highest BCUT2D eigenvalue weighted by Crippen LogP contribution is 2.68. The summed E-state index contributed by atoms with van der Waals surface area (Å²) in [6.07, 6.45) is 7.65. The summed E-state index contributed by atoms with van der Waals surface area (Å²) in [6.45, 7) is 6.57. The zero-order valence-electron chi connectivity index (χ0n) is 21.1. The van der Waals surface area contributed by atoms with Crippen LogP contribution >= 0.6 is 0 Å². The van der Waals surface area contributed by atoms with Crippen molar-refractivity contribution in [1.29, 1.82) is 0 Å². The molecule has 0 heterocycles. The number of fused-ring (bicyclic) bond motifs is 5. The molecule has 4 fully saturated rings. The van der Waals surface area contributed by atoms with Crippen LogP contribution in [-0.2, 0) is 14.9 Å². The lowest BCUT2D eigenvalue weighted by atomic mass is 9.43. The number of hydrogen-bond donors (Lipinski definition) is 5. The lowest BCUT2D eigenvalue weighted by molar-refractivity contribution is -0.223. The first-order chi connectivity index (χ1) is 16.3. The van der Waals surface area contributed by atoms with Gasteiger partial charge in [0.2, 0.25) is 5.91 Å². The Morgan fingerprint density at radius 2 is 1.66 bits per heavy atom. The fourth-order valence-electron chi connectivity index (χ4n) is 8.88. The van der Waals surface area contributed by atoms with Crippen LogP contribution in [0, 0.1) is 46.3 Å². The maximum absolute atomic E-state index is 12.1. The molecular weight excluding hydrogens is 470 g/mol. The van der Waals surface area contributed by atoms with Gasteiger partial charge < -0.3 is 20.6 Å². The molecule has 11 atom stereocenters. The minimum Gasteiger partial charge on any atom is -0.393 e. The molecule has 4 rings (SSSR count). The average Bonchev–Trinajstić information content (AvgIpc) is 3.13. The molecule has 0 aromatic carbocycles. The van der Waals surface area contributed by atoms with Crippen LogP contribution in [0.15, 0.2) is 12.2 Å². The second kappa shape index (κ2) is 9.71. The normalized spacial score (nSPS) is 46.5. The number of nitrogens with one attached hydrogen (secondary N) is 1. The Bertz CT molecular complexity index is 938. The molecule has 5 N–H and O–H groups in total. The van der Waals surface area contributed by atoms with E-state index in [2.05, 4.69) is 26.1 Å². The first kappa shape index (κ1) is 27.0. The molecule has 0 radical (unpaired) electrons. The summed E-state index contributed by atoms with van der Waals surface area (Å²) in [5.41, 5.74) is -0.0575. The largest absolute Gasteiger partial charge is 0.393 e. The van der Waals surface area contributed by atoms with Crippen molar-refractivity contribution in [3.63, 3.8) is 0 Å². The van der Waals surface area contributed by atoms with Gasteiger partial charge >= 0.3 is 0 Å². The summed E-state index contributed by atoms with van der Waals surface area (Å²) in [5.74, 6) is 0.212. The highest BCUT2D eigenvalue weighted by atomic mass is 32.2. The van der Waals surface area contributed by atoms with E-state index in [9.17, 15) is 28.5 Å². The minimum absolute atomic E-state index is 0.00441. The van der Waals surface area contributed by atoms with Crippen LogP contribution in [0.5, 0.6) is 0 Å². The Kier molecular flexibility index (Phi) is 7.50. The molecule has 0 spiro atoms. The number of carbonyl (C=O) groups excluding carboxylic acids is 1. The Morgan fingerprint density at radius 1 is 1.00 bits per heavy atom. The number of amides is 1. The maximum atomic E-state index is 12.1. The van der Waals surface area contributed by atoms with Crippen molar-refractivity contribution in [3.8, 4) is 0 Å². The Hall–Kier alpha value is -1.00. The molecule has 8 nitrogen and oxygen atoms in total. The smallest absolute Gasteiger partial charge is 0.266 e. The second-order valence-corrected chi connectivity index (χ2v) is 13.9. The number of allylic oxidation sites excluding steroid dienone is 1. The highest BCUT2D eigenvalue weighted by Gasteiger charge is 2.65. The zero-order chi connectivity index (χ0) is 25.8. The molecule has 35 heavy (non-hydrogen) atoms. The molecule has 0 aliphatic heterocycles. The third kappa shape index (κ3) is 4.96. The minimum atomic E-state index is -4.11. The van der Waals surface area contributed by atoms with Crippen molar-refractivity contribution in [2.24, 2.45) is 46.3 Å². The van der Waals surface area contributed by atoms with E-state index in [-0.39, 0.29) is 41.0 Å². The lowest BCUT2D eigenvalue weighted by Gasteiger charge is -2.63. The number of rotatable bonds is 6. The summed E-state index contributed by atoms with van der Waals surface area (Å²) in [7, 11) is -4.11. The summed E-state index contributed by atoms with van der Waals surface area (Å²) in [5, 5.41) is 35.3. The van der Waals surface area contributed by atoms with Crippen LogP contribution in [0.4, 0.5) is 0 Å². The van der Waals surface area contributed by atoms with Gasteiger partial charge in [-0.1, -0.05) is 26.8 Å². The van der Waals surface area contributed by atoms with E-state index in [0.29, 0.717) is 24.2 Å². The van der Waals surface area contributed by atoms with Crippen molar-refractivity contribution in [3.05, 3.63) is 12.2 Å². The fourth-order valence-corrected chi connectivity index (χ4v) is 9.24. The van der Waals surface area contributed by atoms with E-state index in [4.69, 9.17) is 4.55 Å². The van der Waals surface area contributed by atoms with E-state index in [1.54, 1.807) is 0 Å². The molecule has 4 aliphatic rings. The van der Waals surface area contributed by atoms with Gasteiger partial charge in [0.15, 0.2) is 0 Å². The molecule has 200 valence electrons. The van der Waals surface area contributed by atoms with Crippen molar-refractivity contribution in [1.82, 2.24) is 5.32 Å². The molecule has 1 amide bonds. The third-order valence-corrected chi connectivity index (χ3v) is 11.4. The first-order valence-corrected chi connectivity index (χ1v) is 14.8.